The Hall–Kier alpha value is -1.86. The molecule has 0 N–H and O–H groups in total. The highest BCUT2D eigenvalue weighted by Gasteiger charge is 2.20. The van der Waals surface area contributed by atoms with E-state index in [4.69, 9.17) is 0 Å². The summed E-state index contributed by atoms with van der Waals surface area (Å²) in [5, 5.41) is 0. The van der Waals surface area contributed by atoms with Crippen LogP contribution in [0.4, 0.5) is 0 Å². The molecule has 0 spiro atoms. The van der Waals surface area contributed by atoms with Crippen LogP contribution in [0.15, 0.2) is 71.8 Å². The van der Waals surface area contributed by atoms with Crippen molar-refractivity contribution in [1.29, 1.82) is 0 Å². The van der Waals surface area contributed by atoms with E-state index in [-0.39, 0.29) is 4.90 Å². The van der Waals surface area contributed by atoms with Crippen LogP contribution in [-0.4, -0.2) is 12.4 Å². The molecule has 3 aromatic rings. The molecule has 122 valence electrons. The van der Waals surface area contributed by atoms with Gasteiger partial charge in [-0.05, 0) is 59.4 Å². The third-order valence-electron chi connectivity index (χ3n) is 3.65. The molecule has 0 atom stereocenters. The molecule has 5 heteroatoms. The van der Waals surface area contributed by atoms with E-state index in [2.05, 4.69) is 22.6 Å². The lowest BCUT2D eigenvalue weighted by atomic mass is 10.2. The summed E-state index contributed by atoms with van der Waals surface area (Å²) >= 11 is 2.15. The summed E-state index contributed by atoms with van der Waals surface area (Å²) in [7, 11) is -3.61. The van der Waals surface area contributed by atoms with E-state index in [9.17, 15) is 8.42 Å². The number of aryl methyl sites for hydroxylation is 1. The lowest BCUT2D eigenvalue weighted by Crippen LogP contribution is -2.13. The molecule has 3 rings (SSSR count). The average molecular weight is 449 g/mol. The first-order valence-electron chi connectivity index (χ1n) is 7.41. The molecule has 0 fully saturated rings. The van der Waals surface area contributed by atoms with Crippen molar-refractivity contribution < 1.29 is 8.42 Å². The molecule has 1 heterocycles. The van der Waals surface area contributed by atoms with Gasteiger partial charge in [-0.25, -0.2) is 12.4 Å². The van der Waals surface area contributed by atoms with Gasteiger partial charge in [0.05, 0.1) is 10.6 Å². The Kier molecular flexibility index (Phi) is 4.91. The fourth-order valence-corrected chi connectivity index (χ4v) is 4.44. The monoisotopic (exact) mass is 449 g/mol. The van der Waals surface area contributed by atoms with E-state index in [1.54, 1.807) is 36.5 Å². The van der Waals surface area contributed by atoms with Crippen LogP contribution in [0, 0.1) is 10.5 Å². The second kappa shape index (κ2) is 6.94. The summed E-state index contributed by atoms with van der Waals surface area (Å²) in [6.07, 6.45) is 5.35. The van der Waals surface area contributed by atoms with Gasteiger partial charge in [0.2, 0.25) is 0 Å². The van der Waals surface area contributed by atoms with Crippen LogP contribution in [-0.2, 0) is 10.0 Å². The van der Waals surface area contributed by atoms with E-state index >= 15 is 0 Å². The smallest absolute Gasteiger partial charge is 0.241 e. The third-order valence-corrected chi connectivity index (χ3v) is 6.27. The van der Waals surface area contributed by atoms with Crippen molar-refractivity contribution >= 4 is 44.8 Å². The van der Waals surface area contributed by atoms with Gasteiger partial charge < -0.3 is 0 Å². The van der Waals surface area contributed by atoms with Crippen LogP contribution in [0.3, 0.4) is 0 Å². The standard InChI is InChI=1S/C19H16INO2S/c1-15-7-10-17(11-8-15)24(22,23)21-14-13-18(20)19(21)12-9-16-5-3-2-4-6-16/h2-14H,1H3/b12-9+. The zero-order chi connectivity index (χ0) is 17.2. The van der Waals surface area contributed by atoms with Crippen molar-refractivity contribution in [2.75, 3.05) is 0 Å². The molecule has 0 saturated carbocycles. The molecule has 0 saturated heterocycles. The predicted octanol–water partition coefficient (Wildman–Crippen LogP) is 4.81. The minimum absolute atomic E-state index is 0.287. The molecular formula is C19H16INO2S. The molecule has 2 aromatic carbocycles. The van der Waals surface area contributed by atoms with Crippen molar-refractivity contribution in [1.82, 2.24) is 3.97 Å². The number of nitrogens with zero attached hydrogens (tertiary/aromatic N) is 1. The first kappa shape index (κ1) is 17.0. The lowest BCUT2D eigenvalue weighted by molar-refractivity contribution is 0.587. The number of halogens is 1. The van der Waals surface area contributed by atoms with E-state index in [0.717, 1.165) is 14.7 Å². The van der Waals surface area contributed by atoms with Gasteiger partial charge in [0.25, 0.3) is 10.0 Å². The second-order valence-electron chi connectivity index (χ2n) is 5.41. The van der Waals surface area contributed by atoms with E-state index in [1.807, 2.05) is 49.4 Å². The number of benzene rings is 2. The van der Waals surface area contributed by atoms with Crippen LogP contribution in [0.1, 0.15) is 16.8 Å². The van der Waals surface area contributed by atoms with Gasteiger partial charge in [-0.2, -0.15) is 0 Å². The van der Waals surface area contributed by atoms with Crippen LogP contribution in [0.2, 0.25) is 0 Å². The minimum atomic E-state index is -3.61. The number of aromatic nitrogens is 1. The van der Waals surface area contributed by atoms with Crippen molar-refractivity contribution in [3.05, 3.63) is 87.3 Å². The highest BCUT2D eigenvalue weighted by molar-refractivity contribution is 14.1. The topological polar surface area (TPSA) is 39.1 Å². The Morgan fingerprint density at radius 2 is 1.58 bits per heavy atom. The van der Waals surface area contributed by atoms with E-state index in [1.165, 1.54) is 3.97 Å². The Balaban J connectivity index is 2.04. The quantitative estimate of drug-likeness (QED) is 0.537. The summed E-state index contributed by atoms with van der Waals surface area (Å²) in [5.41, 5.74) is 2.70. The molecular weight excluding hydrogens is 433 g/mol. The lowest BCUT2D eigenvalue weighted by Gasteiger charge is -2.09. The molecule has 0 aliphatic rings. The summed E-state index contributed by atoms with van der Waals surface area (Å²) in [6.45, 7) is 1.93. The van der Waals surface area contributed by atoms with Crippen molar-refractivity contribution in [2.45, 2.75) is 11.8 Å². The molecule has 0 amide bonds. The van der Waals surface area contributed by atoms with Gasteiger partial charge in [0, 0.05) is 9.77 Å². The maximum atomic E-state index is 12.9. The van der Waals surface area contributed by atoms with Gasteiger partial charge in [-0.3, -0.25) is 0 Å². The van der Waals surface area contributed by atoms with Gasteiger partial charge in [0.1, 0.15) is 0 Å². The SMILES string of the molecule is Cc1ccc(S(=O)(=O)n2ccc(I)c2/C=C/c2ccccc2)cc1. The van der Waals surface area contributed by atoms with Crippen LogP contribution in [0.25, 0.3) is 12.2 Å². The fraction of sp³-hybridized carbons (Fsp3) is 0.0526. The van der Waals surface area contributed by atoms with E-state index in [0.29, 0.717) is 5.69 Å². The van der Waals surface area contributed by atoms with Gasteiger partial charge in [0.15, 0.2) is 0 Å². The Bertz CT molecular complexity index is 972. The zero-order valence-electron chi connectivity index (χ0n) is 13.1. The largest absolute Gasteiger partial charge is 0.268 e. The summed E-state index contributed by atoms with van der Waals surface area (Å²) in [5.74, 6) is 0. The maximum Gasteiger partial charge on any atom is 0.268 e. The number of rotatable bonds is 4. The molecule has 24 heavy (non-hydrogen) atoms. The van der Waals surface area contributed by atoms with E-state index < -0.39 is 10.0 Å². The van der Waals surface area contributed by atoms with Gasteiger partial charge in [-0.15, -0.1) is 0 Å². The van der Waals surface area contributed by atoms with Gasteiger partial charge >= 0.3 is 0 Å². The Labute approximate surface area is 155 Å². The van der Waals surface area contributed by atoms with Crippen LogP contribution < -0.4 is 0 Å². The number of hydrogen-bond donors (Lipinski definition) is 0. The Morgan fingerprint density at radius 1 is 0.917 bits per heavy atom. The highest BCUT2D eigenvalue weighted by Crippen LogP contribution is 2.23. The third kappa shape index (κ3) is 3.47. The average Bonchev–Trinajstić information content (AvgIpc) is 2.96. The second-order valence-corrected chi connectivity index (χ2v) is 8.38. The highest BCUT2D eigenvalue weighted by atomic mass is 127. The first-order chi connectivity index (χ1) is 11.5. The normalized spacial score (nSPS) is 11.9. The van der Waals surface area contributed by atoms with Crippen molar-refractivity contribution in [3.63, 3.8) is 0 Å². The molecule has 0 unspecified atom stereocenters. The van der Waals surface area contributed by atoms with Gasteiger partial charge in [-0.1, -0.05) is 54.1 Å². The molecule has 0 aliphatic carbocycles. The minimum Gasteiger partial charge on any atom is -0.241 e. The number of hydrogen-bond acceptors (Lipinski definition) is 2. The summed E-state index contributed by atoms with van der Waals surface area (Å²) in [6, 6.07) is 18.5. The molecule has 0 bridgehead atoms. The van der Waals surface area contributed by atoms with Crippen molar-refractivity contribution in [2.24, 2.45) is 0 Å². The molecule has 0 radical (unpaired) electrons. The summed E-state index contributed by atoms with van der Waals surface area (Å²) < 4.78 is 28.0. The van der Waals surface area contributed by atoms with Crippen LogP contribution >= 0.6 is 22.6 Å². The fourth-order valence-electron chi connectivity index (χ4n) is 2.33. The zero-order valence-corrected chi connectivity index (χ0v) is 16.0. The first-order valence-corrected chi connectivity index (χ1v) is 9.92. The maximum absolute atomic E-state index is 12.9. The summed E-state index contributed by atoms with van der Waals surface area (Å²) in [4.78, 5) is 0.287. The molecule has 3 nitrogen and oxygen atoms in total. The molecule has 1 aromatic heterocycles. The van der Waals surface area contributed by atoms with Crippen LogP contribution in [0.5, 0.6) is 0 Å². The Morgan fingerprint density at radius 3 is 2.25 bits per heavy atom. The molecule has 0 aliphatic heterocycles. The van der Waals surface area contributed by atoms with Crippen molar-refractivity contribution in [3.8, 4) is 0 Å². The predicted molar refractivity (Wildman–Crippen MR) is 106 cm³/mol.